The Hall–Kier alpha value is -3.54. The summed E-state index contributed by atoms with van der Waals surface area (Å²) in [5.41, 5.74) is 0.927. The number of carbonyl (C=O) groups is 2. The molecular weight excluding hydrogens is 420 g/mol. The van der Waals surface area contributed by atoms with Crippen molar-refractivity contribution in [3.8, 4) is 17.5 Å². The van der Waals surface area contributed by atoms with Crippen LogP contribution >= 0.6 is 0 Å². The van der Waals surface area contributed by atoms with E-state index in [1.807, 2.05) is 31.7 Å². The topological polar surface area (TPSA) is 112 Å². The Morgan fingerprint density at radius 3 is 2.18 bits per heavy atom. The molecule has 3 heterocycles. The van der Waals surface area contributed by atoms with Crippen LogP contribution in [0.4, 0.5) is 4.79 Å². The number of hydrogen-bond donors (Lipinski definition) is 0. The van der Waals surface area contributed by atoms with E-state index < -0.39 is 5.60 Å². The molecule has 0 unspecified atom stereocenters. The van der Waals surface area contributed by atoms with Crippen molar-refractivity contribution in [3.05, 3.63) is 42.0 Å². The van der Waals surface area contributed by atoms with Gasteiger partial charge in [0.05, 0.1) is 5.56 Å². The van der Waals surface area contributed by atoms with Crippen molar-refractivity contribution < 1.29 is 14.3 Å². The van der Waals surface area contributed by atoms with E-state index in [-0.39, 0.29) is 24.1 Å². The van der Waals surface area contributed by atoms with E-state index >= 15 is 0 Å². The van der Waals surface area contributed by atoms with Crippen molar-refractivity contribution in [2.75, 3.05) is 13.1 Å². The number of aromatic nitrogens is 3. The molecule has 0 aromatic carbocycles. The molecule has 2 aromatic heterocycles. The molecule has 2 amide bonds. The van der Waals surface area contributed by atoms with Gasteiger partial charge in [-0.15, -0.1) is 0 Å². The Bertz CT molecular complexity index is 1040. The third kappa shape index (κ3) is 5.45. The second kappa shape index (κ2) is 9.14. The van der Waals surface area contributed by atoms with Crippen molar-refractivity contribution in [2.24, 2.45) is 0 Å². The van der Waals surface area contributed by atoms with Gasteiger partial charge in [-0.05, 0) is 58.6 Å². The summed E-state index contributed by atoms with van der Waals surface area (Å²) in [5, 5.41) is 8.88. The number of nitriles is 1. The SMILES string of the molecule is CC(C)(C)OC(=O)N1CCC(N(C(=O)c2cnc(-c3ccc(C#N)nc3)nc2)C2CC2)CC1. The maximum Gasteiger partial charge on any atom is 0.410 e. The average molecular weight is 449 g/mol. The largest absolute Gasteiger partial charge is 0.444 e. The van der Waals surface area contributed by atoms with Gasteiger partial charge < -0.3 is 14.5 Å². The van der Waals surface area contributed by atoms with Crippen LogP contribution in [0.1, 0.15) is 62.5 Å². The van der Waals surface area contributed by atoms with Gasteiger partial charge in [0.2, 0.25) is 0 Å². The molecule has 0 radical (unpaired) electrons. The Balaban J connectivity index is 1.42. The predicted molar refractivity (Wildman–Crippen MR) is 120 cm³/mol. The van der Waals surface area contributed by atoms with Crippen LogP contribution in [0, 0.1) is 11.3 Å². The van der Waals surface area contributed by atoms with Crippen LogP contribution in [-0.2, 0) is 4.74 Å². The molecule has 1 aliphatic heterocycles. The molecule has 0 spiro atoms. The van der Waals surface area contributed by atoms with Crippen LogP contribution in [0.5, 0.6) is 0 Å². The normalized spacial score (nSPS) is 16.7. The lowest BCUT2D eigenvalue weighted by Gasteiger charge is -2.39. The van der Waals surface area contributed by atoms with Gasteiger partial charge in [-0.2, -0.15) is 5.26 Å². The van der Waals surface area contributed by atoms with E-state index in [2.05, 4.69) is 15.0 Å². The minimum absolute atomic E-state index is 0.0716. The van der Waals surface area contributed by atoms with E-state index in [0.717, 1.165) is 25.7 Å². The molecule has 1 saturated heterocycles. The molecule has 9 nitrogen and oxygen atoms in total. The quantitative estimate of drug-likeness (QED) is 0.704. The first-order chi connectivity index (χ1) is 15.7. The number of likely N-dealkylation sites (tertiary alicyclic amines) is 1. The third-order valence-corrected chi connectivity index (χ3v) is 5.72. The van der Waals surface area contributed by atoms with E-state index in [0.29, 0.717) is 35.7 Å². The zero-order valence-electron chi connectivity index (χ0n) is 19.2. The zero-order valence-corrected chi connectivity index (χ0v) is 19.2. The van der Waals surface area contributed by atoms with Crippen LogP contribution in [0.25, 0.3) is 11.4 Å². The Morgan fingerprint density at radius 1 is 1.03 bits per heavy atom. The van der Waals surface area contributed by atoms with Crippen LogP contribution in [0.2, 0.25) is 0 Å². The number of carbonyl (C=O) groups excluding carboxylic acids is 2. The maximum atomic E-state index is 13.4. The van der Waals surface area contributed by atoms with Gasteiger partial charge in [-0.25, -0.2) is 19.7 Å². The summed E-state index contributed by atoms with van der Waals surface area (Å²) in [4.78, 5) is 42.1. The fraction of sp³-hybridized carbons (Fsp3) is 0.500. The number of ether oxygens (including phenoxy) is 1. The number of pyridine rings is 1. The van der Waals surface area contributed by atoms with Crippen LogP contribution in [0.15, 0.2) is 30.7 Å². The lowest BCUT2D eigenvalue weighted by molar-refractivity contribution is 0.0142. The van der Waals surface area contributed by atoms with Gasteiger partial charge in [0.25, 0.3) is 5.91 Å². The van der Waals surface area contributed by atoms with Crippen molar-refractivity contribution in [1.82, 2.24) is 24.8 Å². The van der Waals surface area contributed by atoms with Gasteiger partial charge >= 0.3 is 6.09 Å². The number of nitrogens with zero attached hydrogens (tertiary/aromatic N) is 6. The van der Waals surface area contributed by atoms with Gasteiger partial charge in [0.1, 0.15) is 17.4 Å². The second-order valence-electron chi connectivity index (χ2n) is 9.48. The predicted octanol–water partition coefficient (Wildman–Crippen LogP) is 3.41. The Labute approximate surface area is 193 Å². The fourth-order valence-electron chi connectivity index (χ4n) is 3.96. The molecular formula is C24H28N6O3. The molecule has 9 heteroatoms. The first-order valence-electron chi connectivity index (χ1n) is 11.2. The van der Waals surface area contributed by atoms with Crippen molar-refractivity contribution >= 4 is 12.0 Å². The minimum atomic E-state index is -0.524. The average Bonchev–Trinajstić information content (AvgIpc) is 3.64. The zero-order chi connectivity index (χ0) is 23.6. The first-order valence-corrected chi connectivity index (χ1v) is 11.2. The number of hydrogen-bond acceptors (Lipinski definition) is 7. The Kier molecular flexibility index (Phi) is 6.27. The fourth-order valence-corrected chi connectivity index (χ4v) is 3.96. The third-order valence-electron chi connectivity index (χ3n) is 5.72. The van der Waals surface area contributed by atoms with E-state index in [1.54, 1.807) is 35.6 Å². The van der Waals surface area contributed by atoms with Crippen LogP contribution < -0.4 is 0 Å². The summed E-state index contributed by atoms with van der Waals surface area (Å²) in [5.74, 6) is 0.380. The molecule has 0 N–H and O–H groups in total. The summed E-state index contributed by atoms with van der Waals surface area (Å²) in [6, 6.07) is 5.63. The molecule has 172 valence electrons. The lowest BCUT2D eigenvalue weighted by Crippen LogP contribution is -2.50. The maximum absolute atomic E-state index is 13.4. The number of rotatable bonds is 4. The standard InChI is InChI=1S/C24H28N6O3/c1-24(2,3)33-23(32)29-10-8-20(9-11-29)30(19-6-7-19)22(31)17-14-27-21(28-15-17)16-4-5-18(12-25)26-13-16/h4-5,13-15,19-20H,6-11H2,1-3H3. The second-order valence-corrected chi connectivity index (χ2v) is 9.48. The molecule has 2 aromatic rings. The summed E-state index contributed by atoms with van der Waals surface area (Å²) in [6.45, 7) is 6.71. The summed E-state index contributed by atoms with van der Waals surface area (Å²) >= 11 is 0. The van der Waals surface area contributed by atoms with Crippen molar-refractivity contribution in [2.45, 2.75) is 64.1 Å². The highest BCUT2D eigenvalue weighted by Crippen LogP contribution is 2.33. The minimum Gasteiger partial charge on any atom is -0.444 e. The van der Waals surface area contributed by atoms with Crippen LogP contribution in [0.3, 0.4) is 0 Å². The molecule has 4 rings (SSSR count). The van der Waals surface area contributed by atoms with E-state index in [1.165, 1.54) is 0 Å². The highest BCUT2D eigenvalue weighted by molar-refractivity contribution is 5.94. The highest BCUT2D eigenvalue weighted by Gasteiger charge is 2.40. The number of amides is 2. The first kappa shape index (κ1) is 22.6. The van der Waals surface area contributed by atoms with Crippen molar-refractivity contribution in [3.63, 3.8) is 0 Å². The Morgan fingerprint density at radius 2 is 1.67 bits per heavy atom. The van der Waals surface area contributed by atoms with Crippen molar-refractivity contribution in [1.29, 1.82) is 5.26 Å². The molecule has 33 heavy (non-hydrogen) atoms. The summed E-state index contributed by atoms with van der Waals surface area (Å²) < 4.78 is 5.48. The van der Waals surface area contributed by atoms with E-state index in [4.69, 9.17) is 10.00 Å². The molecule has 1 saturated carbocycles. The van der Waals surface area contributed by atoms with Gasteiger partial charge in [-0.3, -0.25) is 4.79 Å². The van der Waals surface area contributed by atoms with Gasteiger partial charge in [-0.1, -0.05) is 0 Å². The molecule has 0 bridgehead atoms. The van der Waals surface area contributed by atoms with Gasteiger partial charge in [0, 0.05) is 49.3 Å². The number of piperidine rings is 1. The summed E-state index contributed by atoms with van der Waals surface area (Å²) in [6.07, 6.45) is 7.77. The lowest BCUT2D eigenvalue weighted by atomic mass is 10.0. The summed E-state index contributed by atoms with van der Waals surface area (Å²) in [7, 11) is 0. The van der Waals surface area contributed by atoms with E-state index in [9.17, 15) is 9.59 Å². The smallest absolute Gasteiger partial charge is 0.410 e. The molecule has 0 atom stereocenters. The molecule has 2 fully saturated rings. The molecule has 2 aliphatic rings. The van der Waals surface area contributed by atoms with Crippen LogP contribution in [-0.4, -0.2) is 67.5 Å². The highest BCUT2D eigenvalue weighted by atomic mass is 16.6. The monoisotopic (exact) mass is 448 g/mol. The van der Waals surface area contributed by atoms with Gasteiger partial charge in [0.15, 0.2) is 5.82 Å². The molecule has 1 aliphatic carbocycles.